The number of amides is 4. The summed E-state index contributed by atoms with van der Waals surface area (Å²) in [6, 6.07) is 3.07. The van der Waals surface area contributed by atoms with Gasteiger partial charge < -0.3 is 0 Å². The third kappa shape index (κ3) is 27.3. The van der Waals surface area contributed by atoms with E-state index in [0.717, 1.165) is 137 Å². The molecule has 4 aliphatic rings. The zero-order valence-corrected chi connectivity index (χ0v) is 64.9. The highest BCUT2D eigenvalue weighted by atomic mass is 16.2. The van der Waals surface area contributed by atoms with E-state index < -0.39 is 0 Å². The number of imide groups is 2. The fourth-order valence-electron chi connectivity index (χ4n) is 19.4. The van der Waals surface area contributed by atoms with Crippen LogP contribution in [-0.4, -0.2) is 55.7 Å². The van der Waals surface area contributed by atoms with Crippen molar-refractivity contribution in [2.24, 2.45) is 47.3 Å². The van der Waals surface area contributed by atoms with Gasteiger partial charge in [0.05, 0.1) is 21.5 Å². The molecule has 2 fully saturated rings. The van der Waals surface area contributed by atoms with E-state index in [1.165, 1.54) is 319 Å². The number of fused-ring (bicyclic) bond motifs is 2. The summed E-state index contributed by atoms with van der Waals surface area (Å²) in [5.41, 5.74) is -1.39. The summed E-state index contributed by atoms with van der Waals surface area (Å²) >= 11 is 0. The minimum absolute atomic E-state index is 0.170. The summed E-state index contributed by atoms with van der Waals surface area (Å²) in [6.07, 6.45) is 74.4. The SMILES string of the molecule is CCCCCCCCC1C(CCCCCC)CCC(CCCCCCCCN2C(=O)C=CC2=O)C1CCCCCCCCn1c(=O)c2cc3c(=O)n(CCCCCCCCC4CCC(CCCCCC)C(CCCCCCCC)C4CCCCCCCN4C(=O)C=CC4=O)c(=O)c3cc2c1=O. The maximum absolute atomic E-state index is 13.9. The van der Waals surface area contributed by atoms with Crippen molar-refractivity contribution in [1.82, 2.24) is 18.9 Å². The van der Waals surface area contributed by atoms with Gasteiger partial charge in [-0.2, -0.15) is 0 Å². The van der Waals surface area contributed by atoms with E-state index in [1.807, 2.05) is 0 Å². The number of rotatable bonds is 59. The van der Waals surface area contributed by atoms with Gasteiger partial charge in [0.1, 0.15) is 0 Å². The molecule has 4 amide bonds. The Labute approximate surface area is 612 Å². The number of carbonyl (C=O) groups excluding carboxylic acids is 4. The molecule has 0 N–H and O–H groups in total. The number of carbonyl (C=O) groups is 4. The van der Waals surface area contributed by atoms with Crippen molar-refractivity contribution in [3.63, 3.8) is 0 Å². The van der Waals surface area contributed by atoms with Crippen LogP contribution < -0.4 is 22.2 Å². The lowest BCUT2D eigenvalue weighted by Crippen LogP contribution is -2.35. The van der Waals surface area contributed by atoms with Crippen molar-refractivity contribution in [1.29, 1.82) is 0 Å². The van der Waals surface area contributed by atoms with Crippen LogP contribution in [0.25, 0.3) is 21.5 Å². The van der Waals surface area contributed by atoms with Gasteiger partial charge in [-0.05, 0) is 137 Å². The Balaban J connectivity index is 0.844. The van der Waals surface area contributed by atoms with E-state index in [-0.39, 0.29) is 67.4 Å². The molecule has 101 heavy (non-hydrogen) atoms. The topological polar surface area (TPSA) is 153 Å². The predicted molar refractivity (Wildman–Crippen MR) is 421 cm³/mol. The molecule has 0 bridgehead atoms. The molecular weight excluding hydrogens is 1250 g/mol. The van der Waals surface area contributed by atoms with Gasteiger partial charge in [0.25, 0.3) is 45.9 Å². The molecule has 2 aliphatic heterocycles. The molecule has 0 saturated heterocycles. The quantitative estimate of drug-likeness (QED) is 0.0400. The maximum Gasteiger partial charge on any atom is 0.261 e. The lowest BCUT2D eigenvalue weighted by atomic mass is 9.61. The van der Waals surface area contributed by atoms with Crippen LogP contribution in [0, 0.1) is 47.3 Å². The molecule has 568 valence electrons. The average molecular weight is 1400 g/mol. The summed E-state index contributed by atoms with van der Waals surface area (Å²) in [4.78, 5) is 106. The molecule has 2 aliphatic carbocycles. The Kier molecular flexibility index (Phi) is 40.0. The normalized spacial score (nSPS) is 21.0. The molecule has 8 atom stereocenters. The molecule has 2 saturated carbocycles. The number of hydrogen-bond donors (Lipinski definition) is 0. The number of aromatic nitrogens is 2. The fourth-order valence-corrected chi connectivity index (χ4v) is 19.4. The maximum atomic E-state index is 13.9. The van der Waals surface area contributed by atoms with Crippen LogP contribution >= 0.6 is 0 Å². The third-order valence-electron chi connectivity index (χ3n) is 25.3. The number of nitrogens with zero attached hydrogens (tertiary/aromatic N) is 4. The molecule has 0 radical (unpaired) electrons. The Morgan fingerprint density at radius 2 is 0.426 bits per heavy atom. The van der Waals surface area contributed by atoms with E-state index in [1.54, 1.807) is 0 Å². The summed E-state index contributed by atoms with van der Waals surface area (Å²) in [7, 11) is 0. The first-order chi connectivity index (χ1) is 49.4. The van der Waals surface area contributed by atoms with Crippen LogP contribution in [0.4, 0.5) is 0 Å². The first-order valence-corrected chi connectivity index (χ1v) is 43.4. The van der Waals surface area contributed by atoms with Crippen molar-refractivity contribution < 1.29 is 19.2 Å². The molecule has 0 spiro atoms. The third-order valence-corrected chi connectivity index (χ3v) is 25.3. The molecule has 12 heteroatoms. The Morgan fingerprint density at radius 1 is 0.238 bits per heavy atom. The molecule has 7 rings (SSSR count). The van der Waals surface area contributed by atoms with Crippen molar-refractivity contribution in [2.45, 2.75) is 394 Å². The summed E-state index contributed by atoms with van der Waals surface area (Å²) in [5, 5.41) is 1.01. The Morgan fingerprint density at radius 3 is 0.663 bits per heavy atom. The van der Waals surface area contributed by atoms with E-state index in [0.29, 0.717) is 26.2 Å². The van der Waals surface area contributed by atoms with Gasteiger partial charge in [-0.1, -0.05) is 304 Å². The largest absolute Gasteiger partial charge is 0.275 e. The first kappa shape index (κ1) is 83.5. The average Bonchev–Trinajstić information content (AvgIpc) is 1.59. The lowest BCUT2D eigenvalue weighted by Gasteiger charge is -2.44. The Hall–Kier alpha value is -4.74. The monoisotopic (exact) mass is 1400 g/mol. The molecule has 12 nitrogen and oxygen atoms in total. The van der Waals surface area contributed by atoms with Gasteiger partial charge in [0, 0.05) is 50.5 Å². The number of hydrogen-bond acceptors (Lipinski definition) is 8. The predicted octanol–water partition coefficient (Wildman–Crippen LogP) is 22.3. The molecule has 4 heterocycles. The van der Waals surface area contributed by atoms with E-state index in [2.05, 4.69) is 27.7 Å². The summed E-state index contributed by atoms with van der Waals surface area (Å²) < 4.78 is 2.70. The van der Waals surface area contributed by atoms with Gasteiger partial charge in [0.2, 0.25) is 0 Å². The van der Waals surface area contributed by atoms with Gasteiger partial charge in [-0.15, -0.1) is 0 Å². The minimum atomic E-state index is -0.349. The van der Waals surface area contributed by atoms with E-state index in [4.69, 9.17) is 0 Å². The highest BCUT2D eigenvalue weighted by Crippen LogP contribution is 2.50. The highest BCUT2D eigenvalue weighted by Gasteiger charge is 2.40. The second-order valence-corrected chi connectivity index (χ2v) is 32.7. The second-order valence-electron chi connectivity index (χ2n) is 32.7. The van der Waals surface area contributed by atoms with Crippen LogP contribution in [0.3, 0.4) is 0 Å². The molecule has 1 aromatic carbocycles. The van der Waals surface area contributed by atoms with Crippen molar-refractivity contribution in [3.8, 4) is 0 Å². The van der Waals surface area contributed by atoms with Gasteiger partial charge in [0.15, 0.2) is 0 Å². The molecule has 8 unspecified atom stereocenters. The Bertz CT molecular complexity index is 3030. The molecular formula is C89H144N4O8. The van der Waals surface area contributed by atoms with Crippen LogP contribution in [0.2, 0.25) is 0 Å². The first-order valence-electron chi connectivity index (χ1n) is 43.4. The van der Waals surface area contributed by atoms with Crippen molar-refractivity contribution in [3.05, 3.63) is 77.9 Å². The summed E-state index contributed by atoms with van der Waals surface area (Å²) in [5.74, 6) is 5.96. The van der Waals surface area contributed by atoms with Gasteiger partial charge in [-0.3, -0.25) is 57.3 Å². The molecule has 3 aromatic rings. The molecule has 2 aromatic heterocycles. The lowest BCUT2D eigenvalue weighted by molar-refractivity contribution is -0.138. The smallest absolute Gasteiger partial charge is 0.261 e. The zero-order chi connectivity index (χ0) is 71.8. The van der Waals surface area contributed by atoms with E-state index in [9.17, 15) is 38.4 Å². The van der Waals surface area contributed by atoms with E-state index >= 15 is 0 Å². The second kappa shape index (κ2) is 48.4. The van der Waals surface area contributed by atoms with Crippen LogP contribution in [0.1, 0.15) is 381 Å². The van der Waals surface area contributed by atoms with Crippen LogP contribution in [0.5, 0.6) is 0 Å². The fraction of sp³-hybridized carbons (Fsp3) is 0.798. The van der Waals surface area contributed by atoms with Gasteiger partial charge >= 0.3 is 0 Å². The van der Waals surface area contributed by atoms with Gasteiger partial charge in [-0.25, -0.2) is 0 Å². The zero-order valence-electron chi connectivity index (χ0n) is 64.9. The number of unbranched alkanes of at least 4 members (excludes halogenated alkanes) is 35. The highest BCUT2D eigenvalue weighted by molar-refractivity contribution is 6.13. The minimum Gasteiger partial charge on any atom is -0.275 e. The van der Waals surface area contributed by atoms with Crippen molar-refractivity contribution >= 4 is 45.2 Å². The number of benzene rings is 1. The van der Waals surface area contributed by atoms with Crippen molar-refractivity contribution in [2.75, 3.05) is 13.1 Å². The van der Waals surface area contributed by atoms with Crippen LogP contribution in [-0.2, 0) is 32.3 Å². The standard InChI is InChI=1S/C89H144N4O8/c1-5-9-13-17-28-40-52-74-70(48-36-15-11-7-3)56-58-72(50-38-26-19-22-32-44-64-90-82(94)60-61-83(90)95)76(74)54-42-30-21-24-34-47-67-93-88(100)80-68-78-79(69-81(80)89(93)101)87(99)92(86(78)98)66-46-33-23-20-27-39-51-73-59-57-71(49-37-16-12-8-4)75(53-41-29-18-14-10-6-2)77(73)55-43-31-25-35-45-65-91-84(96)62-63-85(91)97/h60-63,68-77H,5-59,64-67H2,1-4H3. The summed E-state index contributed by atoms with van der Waals surface area (Å²) in [6.45, 7) is 11.0. The van der Waals surface area contributed by atoms with Crippen LogP contribution in [0.15, 0.2) is 55.6 Å².